The van der Waals surface area contributed by atoms with Crippen LogP contribution in [0.15, 0.2) is 12.1 Å². The van der Waals surface area contributed by atoms with E-state index in [2.05, 4.69) is 4.57 Å². The van der Waals surface area contributed by atoms with E-state index in [9.17, 15) is 0 Å². The van der Waals surface area contributed by atoms with Crippen LogP contribution >= 0.6 is 12.2 Å². The highest BCUT2D eigenvalue weighted by atomic mass is 32.1. The van der Waals surface area contributed by atoms with Crippen LogP contribution in [0.25, 0.3) is 11.0 Å². The molecule has 0 atom stereocenters. The van der Waals surface area contributed by atoms with Crippen molar-refractivity contribution in [1.82, 2.24) is 9.55 Å². The molecule has 0 amide bonds. The van der Waals surface area contributed by atoms with Gasteiger partial charge in [0.15, 0.2) is 11.5 Å². The number of aromatic nitrogens is 2. The lowest BCUT2D eigenvalue weighted by molar-refractivity contribution is 0.174. The van der Waals surface area contributed by atoms with Crippen LogP contribution in [0.4, 0.5) is 0 Å². The summed E-state index contributed by atoms with van der Waals surface area (Å²) in [4.78, 5) is 5.19. The number of ether oxygens (including phenoxy) is 2. The van der Waals surface area contributed by atoms with Gasteiger partial charge in [-0.15, -0.1) is 0 Å². The summed E-state index contributed by atoms with van der Waals surface area (Å²) in [6.45, 7) is 0.796. The molecule has 2 aliphatic rings. The van der Waals surface area contributed by atoms with E-state index in [1.165, 1.54) is 12.8 Å². The van der Waals surface area contributed by atoms with E-state index in [-0.39, 0.29) is 6.79 Å². The molecule has 1 aromatic carbocycles. The molecule has 5 nitrogen and oxygen atoms in total. The molecular formula is C13H13N3O2S. The summed E-state index contributed by atoms with van der Waals surface area (Å²) in [5.41, 5.74) is 7.64. The normalized spacial score (nSPS) is 17.1. The minimum atomic E-state index is 0.271. The Kier molecular flexibility index (Phi) is 2.23. The number of hydrogen-bond acceptors (Lipinski definition) is 4. The Morgan fingerprint density at radius 1 is 1.37 bits per heavy atom. The smallest absolute Gasteiger partial charge is 0.231 e. The number of hydrogen-bond donors (Lipinski definition) is 1. The van der Waals surface area contributed by atoms with E-state index in [4.69, 9.17) is 32.4 Å². The standard InChI is InChI=1S/C13H13N3O2S/c14-12(19)5-16-9-4-11-10(17-6-18-11)3-8(9)15-13(16)7-1-2-7/h3-4,7H,1-2,5-6H2,(H2,14,19). The third kappa shape index (κ3) is 1.74. The Morgan fingerprint density at radius 3 is 2.79 bits per heavy atom. The summed E-state index contributed by atoms with van der Waals surface area (Å²) >= 11 is 5.05. The number of nitrogens with zero attached hydrogens (tertiary/aromatic N) is 2. The zero-order chi connectivity index (χ0) is 13.0. The van der Waals surface area contributed by atoms with Crippen molar-refractivity contribution in [3.8, 4) is 11.5 Å². The van der Waals surface area contributed by atoms with E-state index in [0.717, 1.165) is 28.4 Å². The van der Waals surface area contributed by atoms with Gasteiger partial charge in [0.25, 0.3) is 0 Å². The van der Waals surface area contributed by atoms with Crippen LogP contribution in [0.3, 0.4) is 0 Å². The Morgan fingerprint density at radius 2 is 2.11 bits per heavy atom. The molecule has 0 bridgehead atoms. The first-order valence-electron chi connectivity index (χ1n) is 6.30. The second kappa shape index (κ2) is 3.84. The summed E-state index contributed by atoms with van der Waals surface area (Å²) in [6, 6.07) is 3.90. The van der Waals surface area contributed by atoms with Gasteiger partial charge in [0.05, 0.1) is 22.6 Å². The summed E-state index contributed by atoms with van der Waals surface area (Å²) in [7, 11) is 0. The summed E-state index contributed by atoms with van der Waals surface area (Å²) in [5, 5.41) is 0. The predicted molar refractivity (Wildman–Crippen MR) is 74.6 cm³/mol. The fourth-order valence-electron chi connectivity index (χ4n) is 2.51. The molecular weight excluding hydrogens is 262 g/mol. The molecule has 1 aliphatic heterocycles. The molecule has 0 saturated heterocycles. The van der Waals surface area contributed by atoms with Gasteiger partial charge >= 0.3 is 0 Å². The Bertz CT molecular complexity index is 691. The zero-order valence-electron chi connectivity index (χ0n) is 10.3. The number of imidazole rings is 1. The number of rotatable bonds is 3. The SMILES string of the molecule is NC(=S)Cn1c(C2CC2)nc2cc3c(cc21)OCO3. The number of fused-ring (bicyclic) bond motifs is 2. The lowest BCUT2D eigenvalue weighted by atomic mass is 10.2. The maximum Gasteiger partial charge on any atom is 0.231 e. The van der Waals surface area contributed by atoms with Gasteiger partial charge in [0.2, 0.25) is 6.79 Å². The van der Waals surface area contributed by atoms with Crippen molar-refractivity contribution < 1.29 is 9.47 Å². The van der Waals surface area contributed by atoms with E-state index >= 15 is 0 Å². The van der Waals surface area contributed by atoms with Crippen LogP contribution in [0, 0.1) is 0 Å². The molecule has 2 aromatic rings. The third-order valence-electron chi connectivity index (χ3n) is 3.53. The van der Waals surface area contributed by atoms with Crippen molar-refractivity contribution in [3.63, 3.8) is 0 Å². The van der Waals surface area contributed by atoms with Crippen molar-refractivity contribution in [2.45, 2.75) is 25.3 Å². The Hall–Kier alpha value is -1.82. The molecule has 2 N–H and O–H groups in total. The van der Waals surface area contributed by atoms with Crippen LogP contribution in [-0.4, -0.2) is 21.3 Å². The molecule has 0 spiro atoms. The molecule has 98 valence electrons. The van der Waals surface area contributed by atoms with Crippen molar-refractivity contribution in [1.29, 1.82) is 0 Å². The maximum absolute atomic E-state index is 5.70. The first-order chi connectivity index (χ1) is 9.22. The van der Waals surface area contributed by atoms with Crippen LogP contribution in [0.2, 0.25) is 0 Å². The molecule has 4 rings (SSSR count). The van der Waals surface area contributed by atoms with Gasteiger partial charge in [-0.05, 0) is 12.8 Å². The zero-order valence-corrected chi connectivity index (χ0v) is 11.1. The van der Waals surface area contributed by atoms with Crippen LogP contribution in [0.1, 0.15) is 24.6 Å². The molecule has 0 radical (unpaired) electrons. The van der Waals surface area contributed by atoms with Gasteiger partial charge < -0.3 is 19.8 Å². The third-order valence-corrected chi connectivity index (χ3v) is 3.66. The van der Waals surface area contributed by atoms with Gasteiger partial charge in [-0.2, -0.15) is 0 Å². The van der Waals surface area contributed by atoms with Gasteiger partial charge in [0.1, 0.15) is 5.82 Å². The topological polar surface area (TPSA) is 62.3 Å². The minimum Gasteiger partial charge on any atom is -0.454 e. The molecule has 2 heterocycles. The van der Waals surface area contributed by atoms with Crippen LogP contribution in [0.5, 0.6) is 11.5 Å². The lowest BCUT2D eigenvalue weighted by Gasteiger charge is -2.07. The first kappa shape index (κ1) is 11.0. The fourth-order valence-corrected chi connectivity index (χ4v) is 2.64. The van der Waals surface area contributed by atoms with E-state index in [0.29, 0.717) is 17.5 Å². The van der Waals surface area contributed by atoms with Gasteiger partial charge in [0, 0.05) is 18.1 Å². The Labute approximate surface area is 115 Å². The second-order valence-electron chi connectivity index (χ2n) is 4.99. The molecule has 0 unspecified atom stereocenters. The van der Waals surface area contributed by atoms with Crippen molar-refractivity contribution in [2.24, 2.45) is 5.73 Å². The molecule has 1 aromatic heterocycles. The van der Waals surface area contributed by atoms with Crippen molar-refractivity contribution in [2.75, 3.05) is 6.79 Å². The molecule has 1 aliphatic carbocycles. The first-order valence-corrected chi connectivity index (χ1v) is 6.71. The van der Waals surface area contributed by atoms with E-state index < -0.39 is 0 Å². The van der Waals surface area contributed by atoms with Crippen LogP contribution in [-0.2, 0) is 6.54 Å². The van der Waals surface area contributed by atoms with Gasteiger partial charge in [-0.25, -0.2) is 4.98 Å². The van der Waals surface area contributed by atoms with Crippen molar-refractivity contribution in [3.05, 3.63) is 18.0 Å². The maximum atomic E-state index is 5.70. The summed E-state index contributed by atoms with van der Waals surface area (Å²) < 4.78 is 12.9. The minimum absolute atomic E-state index is 0.271. The molecule has 1 saturated carbocycles. The quantitative estimate of drug-likeness (QED) is 0.867. The Balaban J connectivity index is 1.93. The van der Waals surface area contributed by atoms with Gasteiger partial charge in [-0.3, -0.25) is 0 Å². The average molecular weight is 275 g/mol. The largest absolute Gasteiger partial charge is 0.454 e. The highest BCUT2D eigenvalue weighted by Gasteiger charge is 2.30. The van der Waals surface area contributed by atoms with Crippen LogP contribution < -0.4 is 15.2 Å². The van der Waals surface area contributed by atoms with E-state index in [1.54, 1.807) is 0 Å². The summed E-state index contributed by atoms with van der Waals surface area (Å²) in [5.74, 6) is 3.14. The highest BCUT2D eigenvalue weighted by Crippen LogP contribution is 2.42. The second-order valence-corrected chi connectivity index (χ2v) is 5.52. The van der Waals surface area contributed by atoms with E-state index in [1.807, 2.05) is 12.1 Å². The molecule has 19 heavy (non-hydrogen) atoms. The molecule has 6 heteroatoms. The summed E-state index contributed by atoms with van der Waals surface area (Å²) in [6.07, 6.45) is 2.38. The van der Waals surface area contributed by atoms with Gasteiger partial charge in [-0.1, -0.05) is 12.2 Å². The average Bonchev–Trinajstić information content (AvgIpc) is 3.02. The number of benzene rings is 1. The fraction of sp³-hybridized carbons (Fsp3) is 0.385. The predicted octanol–water partition coefficient (Wildman–Crippen LogP) is 1.93. The van der Waals surface area contributed by atoms with Crippen molar-refractivity contribution >= 4 is 28.2 Å². The lowest BCUT2D eigenvalue weighted by Crippen LogP contribution is -2.18. The number of thiocarbonyl (C=S) groups is 1. The highest BCUT2D eigenvalue weighted by molar-refractivity contribution is 7.80. The monoisotopic (exact) mass is 275 g/mol. The molecule has 1 fully saturated rings. The number of nitrogens with two attached hydrogens (primary N) is 1.